The van der Waals surface area contributed by atoms with Gasteiger partial charge in [-0.1, -0.05) is 22.0 Å². The number of benzene rings is 2. The predicted octanol–water partition coefficient (Wildman–Crippen LogP) is 3.44. The van der Waals surface area contributed by atoms with Gasteiger partial charge in [0, 0.05) is 15.9 Å². The molecule has 0 spiro atoms. The van der Waals surface area contributed by atoms with Crippen LogP contribution in [0.2, 0.25) is 0 Å². The topological polar surface area (TPSA) is 88.7 Å². The van der Waals surface area contributed by atoms with Crippen LogP contribution < -0.4 is 25.4 Å². The van der Waals surface area contributed by atoms with Gasteiger partial charge in [0.1, 0.15) is 0 Å². The zero-order chi connectivity index (χ0) is 19.0. The second kappa shape index (κ2) is 6.96. The van der Waals surface area contributed by atoms with Gasteiger partial charge in [0.05, 0.1) is 11.6 Å². The largest absolute Gasteiger partial charge is 0.454 e. The quantitative estimate of drug-likeness (QED) is 0.696. The average Bonchev–Trinajstić information content (AvgIpc) is 3.10. The fraction of sp³-hybridized carbons (Fsp3) is 0.158. The first-order chi connectivity index (χ1) is 13.0. The molecule has 4 rings (SSSR count). The lowest BCUT2D eigenvalue weighted by Gasteiger charge is -2.28. The Labute approximate surface area is 163 Å². The van der Waals surface area contributed by atoms with E-state index < -0.39 is 6.04 Å². The van der Waals surface area contributed by atoms with E-state index in [1.807, 2.05) is 18.2 Å². The predicted molar refractivity (Wildman–Crippen MR) is 102 cm³/mol. The van der Waals surface area contributed by atoms with Crippen LogP contribution in [0.15, 0.2) is 58.2 Å². The molecule has 0 aliphatic carbocycles. The second-order valence-corrected chi connectivity index (χ2v) is 7.06. The number of hydrogen-bond acceptors (Lipinski definition) is 4. The fourth-order valence-electron chi connectivity index (χ4n) is 3.07. The van der Waals surface area contributed by atoms with Crippen molar-refractivity contribution in [2.75, 3.05) is 12.1 Å². The Morgan fingerprint density at radius 2 is 1.89 bits per heavy atom. The van der Waals surface area contributed by atoms with Crippen LogP contribution in [0.25, 0.3) is 0 Å². The molecule has 2 heterocycles. The van der Waals surface area contributed by atoms with Crippen molar-refractivity contribution in [2.45, 2.75) is 13.0 Å². The van der Waals surface area contributed by atoms with Crippen molar-refractivity contribution < 1.29 is 19.1 Å². The molecule has 7 nitrogen and oxygen atoms in total. The lowest BCUT2D eigenvalue weighted by atomic mass is 9.94. The van der Waals surface area contributed by atoms with Crippen molar-refractivity contribution in [2.24, 2.45) is 0 Å². The van der Waals surface area contributed by atoms with Crippen LogP contribution in [0, 0.1) is 0 Å². The Morgan fingerprint density at radius 3 is 2.67 bits per heavy atom. The molecular weight excluding hydrogens is 414 g/mol. The van der Waals surface area contributed by atoms with Crippen LogP contribution in [0.1, 0.15) is 18.5 Å². The van der Waals surface area contributed by atoms with E-state index in [4.69, 9.17) is 9.47 Å². The summed E-state index contributed by atoms with van der Waals surface area (Å²) in [6, 6.07) is 11.7. The Kier molecular flexibility index (Phi) is 4.49. The molecule has 0 fully saturated rings. The van der Waals surface area contributed by atoms with Gasteiger partial charge in [-0.25, -0.2) is 4.79 Å². The number of fused-ring (bicyclic) bond motifs is 1. The van der Waals surface area contributed by atoms with Crippen LogP contribution in [-0.4, -0.2) is 18.7 Å². The van der Waals surface area contributed by atoms with Crippen molar-refractivity contribution >= 4 is 33.6 Å². The summed E-state index contributed by atoms with van der Waals surface area (Å²) in [6.07, 6.45) is 0. The van der Waals surface area contributed by atoms with Crippen LogP contribution in [0.3, 0.4) is 0 Å². The molecule has 138 valence electrons. The third-order valence-corrected chi connectivity index (χ3v) is 4.87. The van der Waals surface area contributed by atoms with E-state index in [0.717, 1.165) is 10.0 Å². The molecule has 0 saturated heterocycles. The van der Waals surface area contributed by atoms with Crippen molar-refractivity contribution in [3.63, 3.8) is 0 Å². The molecule has 8 heteroatoms. The summed E-state index contributed by atoms with van der Waals surface area (Å²) >= 11 is 3.37. The minimum absolute atomic E-state index is 0.156. The maximum absolute atomic E-state index is 13.0. The summed E-state index contributed by atoms with van der Waals surface area (Å²) in [4.78, 5) is 25.0. The molecule has 0 unspecified atom stereocenters. The number of carbonyl (C=O) groups is 2. The fourth-order valence-corrected chi connectivity index (χ4v) is 3.33. The maximum Gasteiger partial charge on any atom is 0.319 e. The molecule has 2 aliphatic heterocycles. The zero-order valence-corrected chi connectivity index (χ0v) is 15.9. The Hall–Kier alpha value is -3.00. The van der Waals surface area contributed by atoms with Gasteiger partial charge in [-0.15, -0.1) is 0 Å². The molecule has 3 amide bonds. The molecule has 2 aromatic carbocycles. The molecule has 3 N–H and O–H groups in total. The van der Waals surface area contributed by atoms with E-state index in [1.54, 1.807) is 31.2 Å². The molecule has 2 aromatic rings. The van der Waals surface area contributed by atoms with Crippen LogP contribution >= 0.6 is 15.9 Å². The summed E-state index contributed by atoms with van der Waals surface area (Å²) in [5.41, 5.74) is 2.31. The van der Waals surface area contributed by atoms with Crippen molar-refractivity contribution in [3.05, 3.63) is 63.8 Å². The molecule has 0 radical (unpaired) electrons. The number of halogens is 1. The lowest BCUT2D eigenvalue weighted by molar-refractivity contribution is -0.113. The molecule has 1 atom stereocenters. The van der Waals surface area contributed by atoms with Gasteiger partial charge in [-0.3, -0.25) is 4.79 Å². The number of hydrogen-bond donors (Lipinski definition) is 3. The van der Waals surface area contributed by atoms with Gasteiger partial charge >= 0.3 is 6.03 Å². The lowest BCUT2D eigenvalue weighted by Crippen LogP contribution is -2.45. The van der Waals surface area contributed by atoms with E-state index in [0.29, 0.717) is 28.5 Å². The summed E-state index contributed by atoms with van der Waals surface area (Å²) < 4.78 is 11.7. The maximum atomic E-state index is 13.0. The third-order valence-electron chi connectivity index (χ3n) is 4.35. The number of nitrogens with one attached hydrogen (secondary N) is 3. The van der Waals surface area contributed by atoms with E-state index in [-0.39, 0.29) is 18.7 Å². The SMILES string of the molecule is CC1=C(C(=O)Nc2ccc(Br)cc2)[C@H](c2ccc3c(c2)OCO3)NC(=O)N1. The Morgan fingerprint density at radius 1 is 1.15 bits per heavy atom. The number of amides is 3. The highest BCUT2D eigenvalue weighted by atomic mass is 79.9. The summed E-state index contributed by atoms with van der Waals surface area (Å²) in [5.74, 6) is 0.927. The minimum Gasteiger partial charge on any atom is -0.454 e. The first-order valence-electron chi connectivity index (χ1n) is 8.26. The Balaban J connectivity index is 1.67. The van der Waals surface area contributed by atoms with E-state index >= 15 is 0 Å². The summed E-state index contributed by atoms with van der Waals surface area (Å²) in [5, 5.41) is 8.34. The molecule has 27 heavy (non-hydrogen) atoms. The number of allylic oxidation sites excluding steroid dienone is 1. The standard InChI is InChI=1S/C19H16BrN3O4/c1-10-16(18(24)22-13-5-3-12(20)4-6-13)17(23-19(25)21-10)11-2-7-14-15(8-11)27-9-26-14/h2-8,17H,9H2,1H3,(H,22,24)(H2,21,23,25)/t17-/m0/s1. The number of rotatable bonds is 3. The van der Waals surface area contributed by atoms with Crippen LogP contribution in [0.5, 0.6) is 11.5 Å². The smallest absolute Gasteiger partial charge is 0.319 e. The van der Waals surface area contributed by atoms with Gasteiger partial charge in [-0.05, 0) is 48.9 Å². The Bertz CT molecular complexity index is 956. The van der Waals surface area contributed by atoms with Crippen molar-refractivity contribution in [1.29, 1.82) is 0 Å². The number of urea groups is 1. The van der Waals surface area contributed by atoms with Crippen molar-refractivity contribution in [3.8, 4) is 11.5 Å². The van der Waals surface area contributed by atoms with Crippen LogP contribution in [-0.2, 0) is 4.79 Å². The van der Waals surface area contributed by atoms with Gasteiger partial charge in [0.2, 0.25) is 6.79 Å². The molecule has 2 aliphatic rings. The molecule has 0 saturated carbocycles. The summed E-state index contributed by atoms with van der Waals surface area (Å²) in [7, 11) is 0. The normalized spacial score (nSPS) is 18.0. The zero-order valence-electron chi connectivity index (χ0n) is 14.3. The molecule has 0 bridgehead atoms. The molecule has 0 aromatic heterocycles. The highest BCUT2D eigenvalue weighted by Crippen LogP contribution is 2.37. The van der Waals surface area contributed by atoms with Gasteiger partial charge in [0.15, 0.2) is 11.5 Å². The highest BCUT2D eigenvalue weighted by molar-refractivity contribution is 9.10. The first-order valence-corrected chi connectivity index (χ1v) is 9.05. The third kappa shape index (κ3) is 3.48. The minimum atomic E-state index is -0.608. The van der Waals surface area contributed by atoms with Crippen molar-refractivity contribution in [1.82, 2.24) is 10.6 Å². The van der Waals surface area contributed by atoms with Crippen LogP contribution in [0.4, 0.5) is 10.5 Å². The first kappa shape index (κ1) is 17.4. The highest BCUT2D eigenvalue weighted by Gasteiger charge is 2.32. The summed E-state index contributed by atoms with van der Waals surface area (Å²) in [6.45, 7) is 1.86. The number of carbonyl (C=O) groups excluding carboxylic acids is 2. The van der Waals surface area contributed by atoms with E-state index in [9.17, 15) is 9.59 Å². The average molecular weight is 430 g/mol. The monoisotopic (exact) mass is 429 g/mol. The second-order valence-electron chi connectivity index (χ2n) is 6.14. The number of anilines is 1. The van der Waals surface area contributed by atoms with Gasteiger partial charge < -0.3 is 25.4 Å². The number of ether oxygens (including phenoxy) is 2. The molecular formula is C19H16BrN3O4. The van der Waals surface area contributed by atoms with Gasteiger partial charge in [-0.2, -0.15) is 0 Å². The van der Waals surface area contributed by atoms with Gasteiger partial charge in [0.25, 0.3) is 5.91 Å². The van der Waals surface area contributed by atoms with E-state index in [2.05, 4.69) is 31.9 Å². The van der Waals surface area contributed by atoms with E-state index in [1.165, 1.54) is 0 Å².